The molecular formula is C6H12N2O. The summed E-state index contributed by atoms with van der Waals surface area (Å²) in [4.78, 5) is 0. The van der Waals surface area contributed by atoms with Gasteiger partial charge < -0.3 is 15.4 Å². The van der Waals surface area contributed by atoms with Gasteiger partial charge in [0.2, 0.25) is 0 Å². The van der Waals surface area contributed by atoms with E-state index in [4.69, 9.17) is 4.74 Å². The first-order chi connectivity index (χ1) is 4.45. The Balaban J connectivity index is 1.46. The van der Waals surface area contributed by atoms with Gasteiger partial charge in [-0.05, 0) is 0 Å². The fraction of sp³-hybridized carbons (Fsp3) is 1.00. The number of ether oxygens (including phenoxy) is 1. The molecule has 2 rings (SSSR count). The van der Waals surface area contributed by atoms with Crippen LogP contribution in [-0.4, -0.2) is 38.4 Å². The van der Waals surface area contributed by atoms with Gasteiger partial charge in [0.1, 0.15) is 0 Å². The smallest absolute Gasteiger partial charge is 0.0632 e. The molecule has 0 spiro atoms. The zero-order chi connectivity index (χ0) is 6.10. The lowest BCUT2D eigenvalue weighted by atomic mass is 10.5. The molecule has 52 valence electrons. The second-order valence-corrected chi connectivity index (χ2v) is 2.75. The molecule has 0 aromatic rings. The predicted molar refractivity (Wildman–Crippen MR) is 34.4 cm³/mol. The van der Waals surface area contributed by atoms with Crippen LogP contribution in [-0.2, 0) is 4.74 Å². The summed E-state index contributed by atoms with van der Waals surface area (Å²) in [5.41, 5.74) is 0. The van der Waals surface area contributed by atoms with Crippen molar-refractivity contribution >= 4 is 0 Å². The highest BCUT2D eigenvalue weighted by Gasteiger charge is 2.23. The van der Waals surface area contributed by atoms with E-state index in [1.54, 1.807) is 0 Å². The van der Waals surface area contributed by atoms with Gasteiger partial charge >= 0.3 is 0 Å². The van der Waals surface area contributed by atoms with Crippen molar-refractivity contribution in [1.29, 1.82) is 0 Å². The Morgan fingerprint density at radius 1 is 1.11 bits per heavy atom. The van der Waals surface area contributed by atoms with Crippen molar-refractivity contribution in [1.82, 2.24) is 10.6 Å². The van der Waals surface area contributed by atoms with Gasteiger partial charge in [-0.3, -0.25) is 0 Å². The van der Waals surface area contributed by atoms with Gasteiger partial charge in [0, 0.05) is 25.2 Å². The monoisotopic (exact) mass is 128 g/mol. The van der Waals surface area contributed by atoms with Crippen LogP contribution in [0, 0.1) is 0 Å². The van der Waals surface area contributed by atoms with Crippen molar-refractivity contribution < 1.29 is 4.74 Å². The molecule has 0 amide bonds. The average molecular weight is 128 g/mol. The minimum Gasteiger partial charge on any atom is -0.378 e. The van der Waals surface area contributed by atoms with Crippen LogP contribution in [0.3, 0.4) is 0 Å². The summed E-state index contributed by atoms with van der Waals surface area (Å²) < 4.78 is 5.36. The third-order valence-corrected chi connectivity index (χ3v) is 1.62. The molecule has 2 aliphatic heterocycles. The highest BCUT2D eigenvalue weighted by molar-refractivity contribution is 4.85. The van der Waals surface area contributed by atoms with Crippen molar-refractivity contribution in [2.75, 3.05) is 26.3 Å². The van der Waals surface area contributed by atoms with E-state index in [2.05, 4.69) is 10.6 Å². The molecule has 2 aliphatic rings. The van der Waals surface area contributed by atoms with E-state index < -0.39 is 0 Å². The normalized spacial score (nSPS) is 38.7. The molecule has 2 atom stereocenters. The summed E-state index contributed by atoms with van der Waals surface area (Å²) >= 11 is 0. The van der Waals surface area contributed by atoms with Crippen molar-refractivity contribution in [2.24, 2.45) is 0 Å². The highest BCUT2D eigenvalue weighted by atomic mass is 16.5. The molecule has 0 saturated carbocycles. The maximum atomic E-state index is 5.36. The quantitative estimate of drug-likeness (QED) is 0.475. The zero-order valence-corrected chi connectivity index (χ0v) is 5.39. The lowest BCUT2D eigenvalue weighted by molar-refractivity contribution is 0.138. The summed E-state index contributed by atoms with van der Waals surface area (Å²) in [5.74, 6) is 0. The molecule has 3 nitrogen and oxygen atoms in total. The highest BCUT2D eigenvalue weighted by Crippen LogP contribution is 2.00. The average Bonchev–Trinajstić information content (AvgIpc) is 2.57. The second-order valence-electron chi connectivity index (χ2n) is 2.75. The number of nitrogens with one attached hydrogen (secondary N) is 2. The summed E-state index contributed by atoms with van der Waals surface area (Å²) in [6.07, 6.45) is 0. The summed E-state index contributed by atoms with van der Waals surface area (Å²) in [5, 5.41) is 6.37. The van der Waals surface area contributed by atoms with Crippen molar-refractivity contribution in [3.05, 3.63) is 0 Å². The molecule has 2 fully saturated rings. The molecule has 9 heavy (non-hydrogen) atoms. The fourth-order valence-electron chi connectivity index (χ4n) is 0.755. The van der Waals surface area contributed by atoms with Gasteiger partial charge in [0.05, 0.1) is 13.2 Å². The topological polar surface area (TPSA) is 53.1 Å². The number of hydrogen-bond acceptors (Lipinski definition) is 3. The Morgan fingerprint density at radius 3 is 1.89 bits per heavy atom. The molecule has 0 aromatic heterocycles. The van der Waals surface area contributed by atoms with Crippen molar-refractivity contribution in [3.63, 3.8) is 0 Å². The SMILES string of the molecule is C1NC1COCC1CN1. The van der Waals surface area contributed by atoms with E-state index >= 15 is 0 Å². The van der Waals surface area contributed by atoms with Crippen LogP contribution >= 0.6 is 0 Å². The fourth-order valence-corrected chi connectivity index (χ4v) is 0.755. The standard InChI is InChI=1S/C6H12N2O/c1-5(7-1)3-9-4-6-2-8-6/h5-8H,1-4H2. The third kappa shape index (κ3) is 1.93. The van der Waals surface area contributed by atoms with Crippen LogP contribution in [0.1, 0.15) is 0 Å². The van der Waals surface area contributed by atoms with Gasteiger partial charge in [0.15, 0.2) is 0 Å². The molecular weight excluding hydrogens is 116 g/mol. The predicted octanol–water partition coefficient (Wildman–Crippen LogP) is -1.05. The van der Waals surface area contributed by atoms with Crippen molar-refractivity contribution in [2.45, 2.75) is 12.1 Å². The number of rotatable bonds is 4. The first-order valence-corrected chi connectivity index (χ1v) is 3.49. The lowest BCUT2D eigenvalue weighted by Crippen LogP contribution is -2.10. The van der Waals surface area contributed by atoms with Gasteiger partial charge in [0.25, 0.3) is 0 Å². The van der Waals surface area contributed by atoms with Crippen LogP contribution in [0.2, 0.25) is 0 Å². The third-order valence-electron chi connectivity index (χ3n) is 1.62. The summed E-state index contributed by atoms with van der Waals surface area (Å²) in [6.45, 7) is 4.10. The van der Waals surface area contributed by atoms with Gasteiger partial charge in [-0.1, -0.05) is 0 Å². The number of hydrogen-bond donors (Lipinski definition) is 2. The Labute approximate surface area is 54.8 Å². The van der Waals surface area contributed by atoms with E-state index in [0.717, 1.165) is 26.3 Å². The molecule has 0 radical (unpaired) electrons. The maximum absolute atomic E-state index is 5.36. The minimum absolute atomic E-state index is 0.670. The maximum Gasteiger partial charge on any atom is 0.0632 e. The Bertz CT molecular complexity index is 87.2. The first-order valence-electron chi connectivity index (χ1n) is 3.49. The molecule has 2 heterocycles. The van der Waals surface area contributed by atoms with E-state index in [1.807, 2.05) is 0 Å². The van der Waals surface area contributed by atoms with Crippen LogP contribution in [0.25, 0.3) is 0 Å². The van der Waals surface area contributed by atoms with Crippen LogP contribution < -0.4 is 10.6 Å². The molecule has 3 heteroatoms. The van der Waals surface area contributed by atoms with Crippen LogP contribution in [0.15, 0.2) is 0 Å². The largest absolute Gasteiger partial charge is 0.378 e. The Morgan fingerprint density at radius 2 is 1.56 bits per heavy atom. The van der Waals surface area contributed by atoms with E-state index in [0.29, 0.717) is 12.1 Å². The summed E-state index contributed by atoms with van der Waals surface area (Å²) in [6, 6.07) is 1.34. The summed E-state index contributed by atoms with van der Waals surface area (Å²) in [7, 11) is 0. The van der Waals surface area contributed by atoms with Gasteiger partial charge in [-0.2, -0.15) is 0 Å². The second kappa shape index (κ2) is 2.25. The van der Waals surface area contributed by atoms with E-state index in [9.17, 15) is 0 Å². The van der Waals surface area contributed by atoms with Crippen molar-refractivity contribution in [3.8, 4) is 0 Å². The van der Waals surface area contributed by atoms with E-state index in [1.165, 1.54) is 0 Å². The molecule has 2 unspecified atom stereocenters. The van der Waals surface area contributed by atoms with Crippen LogP contribution in [0.5, 0.6) is 0 Å². The molecule has 0 aliphatic carbocycles. The van der Waals surface area contributed by atoms with E-state index in [-0.39, 0.29) is 0 Å². The van der Waals surface area contributed by atoms with Crippen LogP contribution in [0.4, 0.5) is 0 Å². The first kappa shape index (κ1) is 5.65. The van der Waals surface area contributed by atoms with Gasteiger partial charge in [-0.25, -0.2) is 0 Å². The minimum atomic E-state index is 0.670. The Kier molecular flexibility index (Phi) is 1.41. The zero-order valence-electron chi connectivity index (χ0n) is 5.39. The molecule has 2 saturated heterocycles. The molecule has 2 N–H and O–H groups in total. The lowest BCUT2D eigenvalue weighted by Gasteiger charge is -1.97. The molecule has 0 bridgehead atoms. The molecule has 0 aromatic carbocycles. The van der Waals surface area contributed by atoms with Gasteiger partial charge in [-0.15, -0.1) is 0 Å². The Hall–Kier alpha value is -0.120.